The van der Waals surface area contributed by atoms with Gasteiger partial charge in [0.2, 0.25) is 0 Å². The second kappa shape index (κ2) is 55.7. The first-order valence-electron chi connectivity index (χ1n) is 35.8. The van der Waals surface area contributed by atoms with E-state index < -0.39 is 7.26 Å². The molecule has 0 aliphatic rings. The fourth-order valence-corrected chi connectivity index (χ4v) is 22.0. The molecule has 1 unspecified atom stereocenters. The molecule has 0 nitrogen and oxygen atoms in total. The summed E-state index contributed by atoms with van der Waals surface area (Å²) in [4.78, 5) is 0. The van der Waals surface area contributed by atoms with Gasteiger partial charge < -0.3 is 0 Å². The molecule has 0 bridgehead atoms. The molecule has 0 aliphatic heterocycles. The minimum absolute atomic E-state index is 0.510. The molecule has 440 valence electrons. The van der Waals surface area contributed by atoms with Gasteiger partial charge in [-0.3, -0.25) is 0 Å². The lowest BCUT2D eigenvalue weighted by Gasteiger charge is -2.60. The standard InChI is InChI=1S/C72H148P/c1-10-18-26-32-38-44-50-56-62-70(9)71(63-57-51-45-39-33-27-19-11-2,64-58-52-46-40-34-28-20-12-3)72(65-59-53-47-41-35-29-21-13-4,66-60-54-48-42-36-30-22-14-5)73(67-24-16-7,68-25-17-8)69-61-55-49-43-37-31-23-15-6/h70H,10-69H2,1-9H3/q+1. The van der Waals surface area contributed by atoms with Gasteiger partial charge in [0.05, 0.1) is 23.6 Å². The molecule has 0 spiro atoms. The predicted octanol–water partition coefficient (Wildman–Crippen LogP) is 27.8. The molecule has 73 heavy (non-hydrogen) atoms. The van der Waals surface area contributed by atoms with E-state index in [2.05, 4.69) is 62.3 Å². The smallest absolute Gasteiger partial charge is 0.0654 e. The number of unbranched alkanes of at least 4 members (excludes halogenated alkanes) is 44. The largest absolute Gasteiger partial charge is 0.0857 e. The van der Waals surface area contributed by atoms with Crippen LogP contribution in [-0.2, 0) is 0 Å². The van der Waals surface area contributed by atoms with E-state index in [0.29, 0.717) is 10.6 Å². The van der Waals surface area contributed by atoms with Crippen LogP contribution in [0.2, 0.25) is 0 Å². The van der Waals surface area contributed by atoms with Crippen molar-refractivity contribution in [3.63, 3.8) is 0 Å². The van der Waals surface area contributed by atoms with Crippen LogP contribution in [0, 0.1) is 11.3 Å². The normalized spacial score (nSPS) is 12.9. The van der Waals surface area contributed by atoms with Crippen LogP contribution in [0.25, 0.3) is 0 Å². The summed E-state index contributed by atoms with van der Waals surface area (Å²) < 4.78 is 0. The zero-order chi connectivity index (χ0) is 53.5. The zero-order valence-electron chi connectivity index (χ0n) is 53.5. The second-order valence-electron chi connectivity index (χ2n) is 25.7. The second-order valence-corrected chi connectivity index (χ2v) is 30.2. The Morgan fingerprint density at radius 2 is 0.425 bits per heavy atom. The predicted molar refractivity (Wildman–Crippen MR) is 344 cm³/mol. The van der Waals surface area contributed by atoms with Crippen molar-refractivity contribution in [2.75, 3.05) is 18.5 Å². The monoisotopic (exact) mass is 1040 g/mol. The van der Waals surface area contributed by atoms with Crippen LogP contribution in [0.1, 0.15) is 428 Å². The lowest BCUT2D eigenvalue weighted by atomic mass is 9.57. The highest BCUT2D eigenvalue weighted by Crippen LogP contribution is 2.80. The summed E-state index contributed by atoms with van der Waals surface area (Å²) in [5, 5.41) is 0.567. The Morgan fingerprint density at radius 3 is 0.699 bits per heavy atom. The molecule has 0 aliphatic carbocycles. The van der Waals surface area contributed by atoms with Gasteiger partial charge in [-0.1, -0.05) is 364 Å². The van der Waals surface area contributed by atoms with Gasteiger partial charge in [-0.25, -0.2) is 0 Å². The van der Waals surface area contributed by atoms with Crippen molar-refractivity contribution < 1.29 is 0 Å². The molecular formula is C72H148P+. The number of rotatable bonds is 63. The maximum absolute atomic E-state index is 2.97. The maximum Gasteiger partial charge on any atom is 0.0857 e. The van der Waals surface area contributed by atoms with Gasteiger partial charge in [0.1, 0.15) is 0 Å². The summed E-state index contributed by atoms with van der Waals surface area (Å²) in [7, 11) is -1.36. The zero-order valence-corrected chi connectivity index (χ0v) is 54.3. The highest BCUT2D eigenvalue weighted by molar-refractivity contribution is 7.77. The Labute approximate surface area is 468 Å². The fraction of sp³-hybridized carbons (Fsp3) is 1.00. The van der Waals surface area contributed by atoms with E-state index in [9.17, 15) is 0 Å². The van der Waals surface area contributed by atoms with Gasteiger partial charge in [-0.05, 0) is 70.1 Å². The quantitative estimate of drug-likeness (QED) is 0.0421. The number of hydrogen-bond acceptors (Lipinski definition) is 0. The van der Waals surface area contributed by atoms with Gasteiger partial charge in [-0.2, -0.15) is 0 Å². The van der Waals surface area contributed by atoms with Gasteiger partial charge in [0, 0.05) is 12.7 Å². The van der Waals surface area contributed by atoms with Crippen LogP contribution in [0.3, 0.4) is 0 Å². The molecule has 0 aromatic carbocycles. The van der Waals surface area contributed by atoms with E-state index in [1.54, 1.807) is 63.4 Å². The lowest BCUT2D eigenvalue weighted by molar-refractivity contribution is 0.0463. The average Bonchev–Trinajstić information content (AvgIpc) is 3.40. The molecule has 0 aromatic rings. The Bertz CT molecular complexity index is 981. The van der Waals surface area contributed by atoms with Crippen molar-refractivity contribution in [3.8, 4) is 0 Å². The molecule has 0 aromatic heterocycles. The molecule has 0 fully saturated rings. The molecular weight excluding hydrogens is 896 g/mol. The Balaban J connectivity index is 8.00. The summed E-state index contributed by atoms with van der Waals surface area (Å²) >= 11 is 0. The van der Waals surface area contributed by atoms with Gasteiger partial charge in [0.25, 0.3) is 0 Å². The molecule has 0 amide bonds. The van der Waals surface area contributed by atoms with Crippen LogP contribution < -0.4 is 0 Å². The first-order valence-corrected chi connectivity index (χ1v) is 38.1. The van der Waals surface area contributed by atoms with Crippen LogP contribution in [0.15, 0.2) is 0 Å². The topological polar surface area (TPSA) is 0 Å². The number of hydrogen-bond donors (Lipinski definition) is 0. The lowest BCUT2D eigenvalue weighted by Crippen LogP contribution is -2.55. The van der Waals surface area contributed by atoms with Crippen LogP contribution in [-0.4, -0.2) is 23.6 Å². The van der Waals surface area contributed by atoms with Crippen molar-refractivity contribution in [3.05, 3.63) is 0 Å². The third-order valence-corrected chi connectivity index (χ3v) is 25.7. The molecule has 0 N–H and O–H groups in total. The van der Waals surface area contributed by atoms with Gasteiger partial charge >= 0.3 is 0 Å². The summed E-state index contributed by atoms with van der Waals surface area (Å²) in [6, 6.07) is 0. The summed E-state index contributed by atoms with van der Waals surface area (Å²) in [5.74, 6) is 0.867. The highest BCUT2D eigenvalue weighted by atomic mass is 31.2. The molecule has 1 heteroatoms. The minimum Gasteiger partial charge on any atom is -0.0654 e. The molecule has 0 radical (unpaired) electrons. The molecule has 0 saturated heterocycles. The van der Waals surface area contributed by atoms with Gasteiger partial charge in [-0.15, -0.1) is 0 Å². The van der Waals surface area contributed by atoms with E-state index in [1.165, 1.54) is 321 Å². The van der Waals surface area contributed by atoms with E-state index in [4.69, 9.17) is 0 Å². The Hall–Kier alpha value is 0.430. The minimum atomic E-state index is -1.36. The van der Waals surface area contributed by atoms with Gasteiger partial charge in [0.15, 0.2) is 0 Å². The van der Waals surface area contributed by atoms with E-state index in [1.807, 2.05) is 0 Å². The summed E-state index contributed by atoms with van der Waals surface area (Å²) in [5.41, 5.74) is 0.510. The van der Waals surface area contributed by atoms with Crippen molar-refractivity contribution in [1.29, 1.82) is 0 Å². The highest BCUT2D eigenvalue weighted by Gasteiger charge is 2.66. The van der Waals surface area contributed by atoms with Crippen molar-refractivity contribution in [2.45, 2.75) is 433 Å². The first-order chi connectivity index (χ1) is 35.9. The van der Waals surface area contributed by atoms with E-state index in [0.717, 1.165) is 5.92 Å². The fourth-order valence-electron chi connectivity index (χ4n) is 14.7. The van der Waals surface area contributed by atoms with Crippen molar-refractivity contribution in [1.82, 2.24) is 0 Å². The summed E-state index contributed by atoms with van der Waals surface area (Å²) in [6.07, 6.45) is 89.6. The molecule has 0 rings (SSSR count). The van der Waals surface area contributed by atoms with E-state index in [-0.39, 0.29) is 0 Å². The third kappa shape index (κ3) is 36.3. The average molecular weight is 1040 g/mol. The SMILES string of the molecule is CCCCCCCCCCC(C)C(CCCCCCCCCC)(CCCCCCCCCC)C(CCCCCCCCCC)(CCCCCCCCCC)[P+](CCCC)(CCCC)CCCCCCCCCC. The Morgan fingerprint density at radius 1 is 0.219 bits per heavy atom. The van der Waals surface area contributed by atoms with Crippen LogP contribution >= 0.6 is 7.26 Å². The van der Waals surface area contributed by atoms with Crippen molar-refractivity contribution in [2.24, 2.45) is 11.3 Å². The maximum atomic E-state index is 2.97. The third-order valence-electron chi connectivity index (χ3n) is 19.4. The first kappa shape index (κ1) is 73.4. The van der Waals surface area contributed by atoms with Crippen molar-refractivity contribution >= 4 is 7.26 Å². The molecule has 0 saturated carbocycles. The van der Waals surface area contributed by atoms with Crippen LogP contribution in [0.4, 0.5) is 0 Å². The van der Waals surface area contributed by atoms with E-state index >= 15 is 0 Å². The molecule has 1 atom stereocenters. The summed E-state index contributed by atoms with van der Waals surface area (Å²) in [6.45, 7) is 22.5. The molecule has 0 heterocycles. The van der Waals surface area contributed by atoms with Crippen LogP contribution in [0.5, 0.6) is 0 Å². The Kier molecular flexibility index (Phi) is 56.1.